The second kappa shape index (κ2) is 5.56. The third-order valence-corrected chi connectivity index (χ3v) is 3.54. The number of benzene rings is 1. The molecule has 98 valence electrons. The molecule has 0 atom stereocenters. The van der Waals surface area contributed by atoms with E-state index in [0.717, 1.165) is 14.7 Å². The van der Waals surface area contributed by atoms with Crippen LogP contribution in [0.15, 0.2) is 30.3 Å². The van der Waals surface area contributed by atoms with Crippen molar-refractivity contribution in [2.45, 2.75) is 6.92 Å². The number of methoxy groups -OCH3 is 1. The van der Waals surface area contributed by atoms with Crippen LogP contribution in [0.4, 0.5) is 0 Å². The molecule has 1 heterocycles. The fourth-order valence-corrected chi connectivity index (χ4v) is 2.19. The van der Waals surface area contributed by atoms with Crippen molar-refractivity contribution in [2.24, 2.45) is 0 Å². The van der Waals surface area contributed by atoms with E-state index in [1.807, 2.05) is 24.3 Å². The van der Waals surface area contributed by atoms with Crippen molar-refractivity contribution in [3.8, 4) is 17.0 Å². The zero-order valence-corrected chi connectivity index (χ0v) is 12.6. The Morgan fingerprint density at radius 1 is 1.32 bits per heavy atom. The number of nitrogens with zero attached hydrogens (tertiary/aromatic N) is 1. The number of aromatic carboxylic acids is 1. The summed E-state index contributed by atoms with van der Waals surface area (Å²) in [5.41, 5.74) is 2.42. The maximum atomic E-state index is 11.2. The van der Waals surface area contributed by atoms with Crippen LogP contribution >= 0.6 is 22.6 Å². The van der Waals surface area contributed by atoms with E-state index in [9.17, 15) is 9.90 Å². The van der Waals surface area contributed by atoms with E-state index in [-0.39, 0.29) is 5.69 Å². The van der Waals surface area contributed by atoms with E-state index in [4.69, 9.17) is 4.74 Å². The zero-order valence-electron chi connectivity index (χ0n) is 10.5. The molecule has 1 N–H and O–H groups in total. The van der Waals surface area contributed by atoms with E-state index >= 15 is 0 Å². The molecule has 0 saturated heterocycles. The van der Waals surface area contributed by atoms with Gasteiger partial charge in [0.15, 0.2) is 5.69 Å². The minimum Gasteiger partial charge on any atom is -0.481 e. The summed E-state index contributed by atoms with van der Waals surface area (Å²) in [6, 6.07) is 9.61. The molecule has 2 rings (SSSR count). The first-order valence-corrected chi connectivity index (χ1v) is 6.65. The summed E-state index contributed by atoms with van der Waals surface area (Å²) in [6.07, 6.45) is 0. The van der Waals surface area contributed by atoms with Gasteiger partial charge in [0.25, 0.3) is 0 Å². The molecule has 0 saturated carbocycles. The third kappa shape index (κ3) is 2.86. The second-order valence-corrected chi connectivity index (χ2v) is 5.24. The van der Waals surface area contributed by atoms with Crippen molar-refractivity contribution >= 4 is 28.6 Å². The molecule has 19 heavy (non-hydrogen) atoms. The number of carboxylic acid groups (broad SMARTS) is 1. The Hall–Kier alpha value is -1.63. The summed E-state index contributed by atoms with van der Waals surface area (Å²) >= 11 is 2.22. The maximum Gasteiger partial charge on any atom is 0.354 e. The van der Waals surface area contributed by atoms with Crippen molar-refractivity contribution in [1.29, 1.82) is 0 Å². The minimum atomic E-state index is -1.05. The van der Waals surface area contributed by atoms with Gasteiger partial charge in [0.2, 0.25) is 5.88 Å². The van der Waals surface area contributed by atoms with Gasteiger partial charge in [0, 0.05) is 9.64 Å². The lowest BCUT2D eigenvalue weighted by Gasteiger charge is -2.11. The van der Waals surface area contributed by atoms with Gasteiger partial charge < -0.3 is 9.84 Å². The molecule has 0 amide bonds. The number of ether oxygens (including phenoxy) is 1. The van der Waals surface area contributed by atoms with Crippen molar-refractivity contribution in [3.05, 3.63) is 45.2 Å². The van der Waals surface area contributed by atoms with Gasteiger partial charge in [0.1, 0.15) is 0 Å². The Labute approximate surface area is 124 Å². The number of pyridine rings is 1. The van der Waals surface area contributed by atoms with Gasteiger partial charge in [-0.1, -0.05) is 12.1 Å². The molecule has 0 aliphatic heterocycles. The number of rotatable bonds is 3. The lowest BCUT2D eigenvalue weighted by atomic mass is 10.00. The van der Waals surface area contributed by atoms with E-state index in [0.29, 0.717) is 11.4 Å². The van der Waals surface area contributed by atoms with Crippen LogP contribution in [0.5, 0.6) is 5.88 Å². The topological polar surface area (TPSA) is 59.4 Å². The summed E-state index contributed by atoms with van der Waals surface area (Å²) < 4.78 is 6.19. The van der Waals surface area contributed by atoms with Crippen LogP contribution in [0.2, 0.25) is 0 Å². The molecule has 4 nitrogen and oxygen atoms in total. The number of aromatic nitrogens is 1. The highest BCUT2D eigenvalue weighted by Gasteiger charge is 2.16. The molecule has 5 heteroatoms. The van der Waals surface area contributed by atoms with Crippen molar-refractivity contribution < 1.29 is 14.6 Å². The molecule has 0 aliphatic rings. The van der Waals surface area contributed by atoms with Gasteiger partial charge in [-0.2, -0.15) is 0 Å². The Kier molecular flexibility index (Phi) is 4.04. The highest BCUT2D eigenvalue weighted by molar-refractivity contribution is 14.1. The van der Waals surface area contributed by atoms with Crippen LogP contribution in [0, 0.1) is 10.5 Å². The lowest BCUT2D eigenvalue weighted by Crippen LogP contribution is -2.06. The van der Waals surface area contributed by atoms with Gasteiger partial charge in [-0.05, 0) is 58.3 Å². The molecule has 1 aromatic carbocycles. The minimum absolute atomic E-state index is 0.0212. The first-order chi connectivity index (χ1) is 9.02. The Morgan fingerprint density at radius 3 is 2.47 bits per heavy atom. The molecular formula is C14H12INO3. The first kappa shape index (κ1) is 13.8. The van der Waals surface area contributed by atoms with E-state index < -0.39 is 5.97 Å². The first-order valence-electron chi connectivity index (χ1n) is 5.58. The fourth-order valence-electron chi connectivity index (χ4n) is 1.83. The molecule has 2 aromatic rings. The summed E-state index contributed by atoms with van der Waals surface area (Å²) in [4.78, 5) is 15.2. The monoisotopic (exact) mass is 369 g/mol. The highest BCUT2D eigenvalue weighted by atomic mass is 127. The van der Waals surface area contributed by atoms with Gasteiger partial charge in [-0.25, -0.2) is 9.78 Å². The molecule has 0 fully saturated rings. The molecule has 0 bridgehead atoms. The van der Waals surface area contributed by atoms with Crippen LogP contribution in [-0.4, -0.2) is 23.2 Å². The standard InChI is InChI=1S/C14H12INO3/c1-8-11(9-3-5-10(15)6-4-9)7-12(19-2)16-13(8)14(17)18/h3-7H,1-2H3,(H,17,18). The van der Waals surface area contributed by atoms with E-state index in [1.54, 1.807) is 13.0 Å². The van der Waals surface area contributed by atoms with Crippen molar-refractivity contribution in [2.75, 3.05) is 7.11 Å². The summed E-state index contributed by atoms with van der Waals surface area (Å²) in [5, 5.41) is 9.18. The predicted octanol–water partition coefficient (Wildman–Crippen LogP) is 3.37. The van der Waals surface area contributed by atoms with Crippen molar-refractivity contribution in [1.82, 2.24) is 4.98 Å². The summed E-state index contributed by atoms with van der Waals surface area (Å²) in [7, 11) is 1.47. The predicted molar refractivity (Wildman–Crippen MR) is 80.6 cm³/mol. The van der Waals surface area contributed by atoms with Gasteiger partial charge >= 0.3 is 5.97 Å². The van der Waals surface area contributed by atoms with Crippen LogP contribution < -0.4 is 4.74 Å². The second-order valence-electron chi connectivity index (χ2n) is 4.00. The van der Waals surface area contributed by atoms with E-state index in [1.165, 1.54) is 7.11 Å². The van der Waals surface area contributed by atoms with Gasteiger partial charge in [-0.15, -0.1) is 0 Å². The number of hydrogen-bond acceptors (Lipinski definition) is 3. The third-order valence-electron chi connectivity index (χ3n) is 2.82. The largest absolute Gasteiger partial charge is 0.481 e. The number of hydrogen-bond donors (Lipinski definition) is 1. The lowest BCUT2D eigenvalue weighted by molar-refractivity contribution is 0.0688. The summed E-state index contributed by atoms with van der Waals surface area (Å²) in [5.74, 6) is -0.750. The van der Waals surface area contributed by atoms with Crippen LogP contribution in [0.1, 0.15) is 16.1 Å². The normalized spacial score (nSPS) is 10.3. The molecule has 1 aromatic heterocycles. The average molecular weight is 369 g/mol. The Balaban J connectivity index is 2.65. The number of carboxylic acids is 1. The van der Waals surface area contributed by atoms with Crippen LogP contribution in [0.25, 0.3) is 11.1 Å². The molecule has 0 unspecified atom stereocenters. The highest BCUT2D eigenvalue weighted by Crippen LogP contribution is 2.29. The fraction of sp³-hybridized carbons (Fsp3) is 0.143. The Bertz CT molecular complexity index is 623. The quantitative estimate of drug-likeness (QED) is 0.843. The van der Waals surface area contributed by atoms with Crippen LogP contribution in [-0.2, 0) is 0 Å². The maximum absolute atomic E-state index is 11.2. The van der Waals surface area contributed by atoms with E-state index in [2.05, 4.69) is 27.6 Å². The Morgan fingerprint density at radius 2 is 1.95 bits per heavy atom. The smallest absolute Gasteiger partial charge is 0.354 e. The molecule has 0 aliphatic carbocycles. The van der Waals surface area contributed by atoms with Gasteiger partial charge in [-0.3, -0.25) is 0 Å². The summed E-state index contributed by atoms with van der Waals surface area (Å²) in [6.45, 7) is 1.75. The SMILES string of the molecule is COc1cc(-c2ccc(I)cc2)c(C)c(C(=O)O)n1. The van der Waals surface area contributed by atoms with Crippen LogP contribution in [0.3, 0.4) is 0 Å². The number of carbonyl (C=O) groups is 1. The zero-order chi connectivity index (χ0) is 14.0. The molecular weight excluding hydrogens is 357 g/mol. The number of halogens is 1. The molecule has 0 spiro atoms. The van der Waals surface area contributed by atoms with Crippen molar-refractivity contribution in [3.63, 3.8) is 0 Å². The van der Waals surface area contributed by atoms with Gasteiger partial charge in [0.05, 0.1) is 7.11 Å². The molecule has 0 radical (unpaired) electrons. The average Bonchev–Trinajstić information content (AvgIpc) is 2.40.